The fourth-order valence-corrected chi connectivity index (χ4v) is 3.41. The molecule has 2 rings (SSSR count). The van der Waals surface area contributed by atoms with Crippen LogP contribution in [-0.4, -0.2) is 19.0 Å². The lowest BCUT2D eigenvalue weighted by Gasteiger charge is -2.22. The van der Waals surface area contributed by atoms with Crippen LogP contribution in [0.1, 0.15) is 48.7 Å². The molecular formula is C19H26N2OS. The van der Waals surface area contributed by atoms with Gasteiger partial charge in [-0.05, 0) is 42.3 Å². The van der Waals surface area contributed by atoms with Crippen molar-refractivity contribution in [2.45, 2.75) is 45.2 Å². The van der Waals surface area contributed by atoms with Gasteiger partial charge in [-0.3, -0.25) is 10.1 Å². The van der Waals surface area contributed by atoms with E-state index < -0.39 is 0 Å². The third-order valence-electron chi connectivity index (χ3n) is 4.02. The molecule has 0 saturated heterocycles. The van der Waals surface area contributed by atoms with Crippen LogP contribution in [0.4, 0.5) is 0 Å². The van der Waals surface area contributed by atoms with Crippen molar-refractivity contribution < 1.29 is 4.79 Å². The number of rotatable bonds is 8. The van der Waals surface area contributed by atoms with E-state index in [1.165, 1.54) is 28.8 Å². The first-order valence-corrected chi connectivity index (χ1v) is 9.13. The van der Waals surface area contributed by atoms with Crippen molar-refractivity contribution in [3.05, 3.63) is 57.8 Å². The molecule has 2 N–H and O–H groups in total. The molecule has 23 heavy (non-hydrogen) atoms. The van der Waals surface area contributed by atoms with Crippen molar-refractivity contribution in [2.24, 2.45) is 0 Å². The van der Waals surface area contributed by atoms with Gasteiger partial charge in [0.15, 0.2) is 0 Å². The molecule has 0 aliphatic rings. The summed E-state index contributed by atoms with van der Waals surface area (Å²) in [6.07, 6.45) is 3.56. The fourth-order valence-electron chi connectivity index (χ4n) is 2.60. The highest BCUT2D eigenvalue weighted by Crippen LogP contribution is 2.27. The fraction of sp³-hybridized carbons (Fsp3) is 0.421. The van der Waals surface area contributed by atoms with Crippen LogP contribution in [0.5, 0.6) is 0 Å². The summed E-state index contributed by atoms with van der Waals surface area (Å²) in [6.45, 7) is 4.11. The molecule has 1 heterocycles. The monoisotopic (exact) mass is 330 g/mol. The van der Waals surface area contributed by atoms with Gasteiger partial charge in [0.05, 0.1) is 12.1 Å². The molecule has 0 unspecified atom stereocenters. The SMILES string of the molecule is CCCCc1ccc([C@@H](N[C@@H](C)C(=O)NC)c2cccs2)cc1. The van der Waals surface area contributed by atoms with Crippen LogP contribution in [-0.2, 0) is 11.2 Å². The molecule has 124 valence electrons. The van der Waals surface area contributed by atoms with Gasteiger partial charge in [0.25, 0.3) is 0 Å². The molecule has 0 bridgehead atoms. The molecule has 0 aliphatic carbocycles. The average Bonchev–Trinajstić information content (AvgIpc) is 3.11. The third kappa shape index (κ3) is 4.91. The largest absolute Gasteiger partial charge is 0.358 e. The van der Waals surface area contributed by atoms with E-state index in [9.17, 15) is 4.79 Å². The van der Waals surface area contributed by atoms with E-state index in [2.05, 4.69) is 59.3 Å². The number of nitrogens with one attached hydrogen (secondary N) is 2. The first-order chi connectivity index (χ1) is 11.2. The van der Waals surface area contributed by atoms with Crippen LogP contribution < -0.4 is 10.6 Å². The molecule has 2 aromatic rings. The standard InChI is InChI=1S/C19H26N2OS/c1-4-5-7-15-9-11-16(12-10-15)18(17-8-6-13-23-17)21-14(2)19(22)20-3/h6,8-14,18,21H,4-5,7H2,1-3H3,(H,20,22)/t14-,18+/m0/s1. The van der Waals surface area contributed by atoms with Crippen molar-refractivity contribution >= 4 is 17.2 Å². The van der Waals surface area contributed by atoms with Gasteiger partial charge in [0.2, 0.25) is 5.91 Å². The molecule has 3 nitrogen and oxygen atoms in total. The Labute approximate surface area is 143 Å². The Bertz CT molecular complexity index is 592. The lowest BCUT2D eigenvalue weighted by molar-refractivity contribution is -0.122. The molecule has 0 radical (unpaired) electrons. The molecule has 0 aliphatic heterocycles. The van der Waals surface area contributed by atoms with E-state index in [0.717, 1.165) is 6.42 Å². The van der Waals surface area contributed by atoms with Gasteiger partial charge in [0.1, 0.15) is 0 Å². The van der Waals surface area contributed by atoms with Crippen molar-refractivity contribution in [3.8, 4) is 0 Å². The summed E-state index contributed by atoms with van der Waals surface area (Å²) in [5.74, 6) is 0.00567. The summed E-state index contributed by atoms with van der Waals surface area (Å²) in [5, 5.41) is 8.22. The predicted molar refractivity (Wildman–Crippen MR) is 97.9 cm³/mol. The van der Waals surface area contributed by atoms with E-state index in [1.807, 2.05) is 6.92 Å². The van der Waals surface area contributed by atoms with Crippen molar-refractivity contribution in [3.63, 3.8) is 0 Å². The summed E-state index contributed by atoms with van der Waals surface area (Å²) in [5.41, 5.74) is 2.57. The van der Waals surface area contributed by atoms with E-state index >= 15 is 0 Å². The maximum Gasteiger partial charge on any atom is 0.236 e. The minimum Gasteiger partial charge on any atom is -0.358 e. The number of carbonyl (C=O) groups is 1. The highest BCUT2D eigenvalue weighted by molar-refractivity contribution is 7.10. The van der Waals surface area contributed by atoms with Gasteiger partial charge in [-0.25, -0.2) is 0 Å². The lowest BCUT2D eigenvalue weighted by Crippen LogP contribution is -2.42. The highest BCUT2D eigenvalue weighted by atomic mass is 32.1. The van der Waals surface area contributed by atoms with Crippen LogP contribution in [0, 0.1) is 0 Å². The van der Waals surface area contributed by atoms with Gasteiger partial charge >= 0.3 is 0 Å². The second kappa shape index (κ2) is 8.85. The van der Waals surface area contributed by atoms with Crippen LogP contribution in [0.2, 0.25) is 0 Å². The summed E-state index contributed by atoms with van der Waals surface area (Å²) in [6, 6.07) is 12.7. The first kappa shape index (κ1) is 17.7. The van der Waals surface area contributed by atoms with Crippen molar-refractivity contribution in [1.82, 2.24) is 10.6 Å². The number of thiophene rings is 1. The molecule has 0 saturated carbocycles. The Morgan fingerprint density at radius 2 is 1.96 bits per heavy atom. The molecule has 4 heteroatoms. The molecule has 0 spiro atoms. The third-order valence-corrected chi connectivity index (χ3v) is 4.95. The second-order valence-electron chi connectivity index (χ2n) is 5.80. The quantitative estimate of drug-likeness (QED) is 0.770. The number of carbonyl (C=O) groups excluding carboxylic acids is 1. The number of amides is 1. The van der Waals surface area contributed by atoms with Crippen LogP contribution >= 0.6 is 11.3 Å². The van der Waals surface area contributed by atoms with Gasteiger partial charge in [-0.15, -0.1) is 11.3 Å². The number of hydrogen-bond acceptors (Lipinski definition) is 3. The summed E-state index contributed by atoms with van der Waals surface area (Å²) in [4.78, 5) is 13.1. The van der Waals surface area contributed by atoms with Crippen molar-refractivity contribution in [2.75, 3.05) is 7.05 Å². The zero-order valence-corrected chi connectivity index (χ0v) is 15.0. The lowest BCUT2D eigenvalue weighted by atomic mass is 10.0. The highest BCUT2D eigenvalue weighted by Gasteiger charge is 2.20. The summed E-state index contributed by atoms with van der Waals surface area (Å²) >= 11 is 1.71. The van der Waals surface area contributed by atoms with Crippen LogP contribution in [0.15, 0.2) is 41.8 Å². The Hall–Kier alpha value is -1.65. The predicted octanol–water partition coefficient (Wildman–Crippen LogP) is 3.90. The van der Waals surface area contributed by atoms with E-state index in [1.54, 1.807) is 18.4 Å². The van der Waals surface area contributed by atoms with Crippen molar-refractivity contribution in [1.29, 1.82) is 0 Å². The molecule has 0 fully saturated rings. The van der Waals surface area contributed by atoms with Crippen LogP contribution in [0.25, 0.3) is 0 Å². The van der Waals surface area contributed by atoms with Crippen LogP contribution in [0.3, 0.4) is 0 Å². The maximum absolute atomic E-state index is 11.9. The zero-order chi connectivity index (χ0) is 16.7. The number of benzene rings is 1. The van der Waals surface area contributed by atoms with Gasteiger partial charge in [-0.1, -0.05) is 43.7 Å². The topological polar surface area (TPSA) is 41.1 Å². The summed E-state index contributed by atoms with van der Waals surface area (Å²) in [7, 11) is 1.67. The van der Waals surface area contributed by atoms with Gasteiger partial charge in [0, 0.05) is 11.9 Å². The normalized spacial score (nSPS) is 13.5. The van der Waals surface area contributed by atoms with Gasteiger partial charge in [-0.2, -0.15) is 0 Å². The first-order valence-electron chi connectivity index (χ1n) is 8.25. The average molecular weight is 330 g/mol. The number of hydrogen-bond donors (Lipinski definition) is 2. The summed E-state index contributed by atoms with van der Waals surface area (Å²) < 4.78 is 0. The smallest absolute Gasteiger partial charge is 0.236 e. The van der Waals surface area contributed by atoms with E-state index in [0.29, 0.717) is 0 Å². The number of likely N-dealkylation sites (N-methyl/N-ethyl adjacent to an activating group) is 1. The minimum absolute atomic E-state index is 0.00567. The Morgan fingerprint density at radius 1 is 1.22 bits per heavy atom. The second-order valence-corrected chi connectivity index (χ2v) is 6.78. The van der Waals surface area contributed by atoms with E-state index in [-0.39, 0.29) is 18.0 Å². The maximum atomic E-state index is 11.9. The van der Waals surface area contributed by atoms with E-state index in [4.69, 9.17) is 0 Å². The Morgan fingerprint density at radius 3 is 2.52 bits per heavy atom. The molecule has 2 atom stereocenters. The Kier molecular flexibility index (Phi) is 6.81. The number of aryl methyl sites for hydroxylation is 1. The molecule has 1 aromatic heterocycles. The number of unbranched alkanes of at least 4 members (excludes halogenated alkanes) is 1. The Balaban J connectivity index is 2.18. The zero-order valence-electron chi connectivity index (χ0n) is 14.1. The minimum atomic E-state index is -0.244. The molecule has 1 aromatic carbocycles. The molecular weight excluding hydrogens is 304 g/mol. The van der Waals surface area contributed by atoms with Gasteiger partial charge < -0.3 is 5.32 Å². The molecule has 1 amide bonds.